The zero-order valence-corrected chi connectivity index (χ0v) is 18.3. The molecule has 25 heavy (non-hydrogen) atoms. The Morgan fingerprint density at radius 2 is 2.16 bits per heavy atom. The normalized spacial score (nSPS) is 15.7. The summed E-state index contributed by atoms with van der Waals surface area (Å²) in [4.78, 5) is 4.24. The average molecular weight is 526 g/mol. The Morgan fingerprint density at radius 3 is 2.92 bits per heavy atom. The topological polar surface area (TPSA) is 64.1 Å². The molecule has 1 saturated carbocycles. The van der Waals surface area contributed by atoms with Gasteiger partial charge in [-0.05, 0) is 58.8 Å². The summed E-state index contributed by atoms with van der Waals surface area (Å²) in [5.74, 6) is 3.16. The Kier molecular flexibility index (Phi) is 8.57. The van der Waals surface area contributed by atoms with Crippen LogP contribution in [0.3, 0.4) is 0 Å². The van der Waals surface area contributed by atoms with E-state index in [1.165, 1.54) is 12.8 Å². The maximum absolute atomic E-state index is 5.63. The molecular weight excluding hydrogens is 501 g/mol. The maximum Gasteiger partial charge on any atom is 0.231 e. The zero-order valence-electron chi connectivity index (χ0n) is 14.3. The molecule has 1 aliphatic carbocycles. The molecule has 2 aliphatic rings. The predicted molar refractivity (Wildman–Crippen MR) is 112 cm³/mol. The summed E-state index contributed by atoms with van der Waals surface area (Å²) in [6, 6.07) is 4.01. The van der Waals surface area contributed by atoms with Crippen LogP contribution in [0.15, 0.2) is 21.6 Å². The van der Waals surface area contributed by atoms with Crippen LogP contribution in [0.25, 0.3) is 0 Å². The number of benzene rings is 1. The van der Waals surface area contributed by atoms with Gasteiger partial charge in [-0.2, -0.15) is 0 Å². The van der Waals surface area contributed by atoms with Crippen LogP contribution in [0.2, 0.25) is 0 Å². The second-order valence-electron chi connectivity index (χ2n) is 6.04. The van der Waals surface area contributed by atoms with Gasteiger partial charge in [0.1, 0.15) is 0 Å². The molecule has 1 fully saturated rings. The summed E-state index contributed by atoms with van der Waals surface area (Å²) in [6.45, 7) is 3.50. The molecule has 0 atom stereocenters. The van der Waals surface area contributed by atoms with E-state index >= 15 is 0 Å². The predicted octanol–water partition coefficient (Wildman–Crippen LogP) is 3.28. The van der Waals surface area contributed by atoms with E-state index in [0.29, 0.717) is 6.54 Å². The van der Waals surface area contributed by atoms with E-state index in [1.807, 2.05) is 12.1 Å². The SMILES string of the molecule is CN=C(NCCCOCC1CC1)NCc1cc(Br)c2c(c1)OCO2.I. The van der Waals surface area contributed by atoms with Crippen molar-refractivity contribution in [2.24, 2.45) is 10.9 Å². The lowest BCUT2D eigenvalue weighted by Crippen LogP contribution is -2.37. The summed E-state index contributed by atoms with van der Waals surface area (Å²) < 4.78 is 17.4. The summed E-state index contributed by atoms with van der Waals surface area (Å²) in [5.41, 5.74) is 1.10. The first-order chi connectivity index (χ1) is 11.8. The molecule has 0 bridgehead atoms. The minimum Gasteiger partial charge on any atom is -0.454 e. The van der Waals surface area contributed by atoms with Crippen molar-refractivity contribution < 1.29 is 14.2 Å². The van der Waals surface area contributed by atoms with Gasteiger partial charge >= 0.3 is 0 Å². The zero-order chi connectivity index (χ0) is 16.8. The highest BCUT2D eigenvalue weighted by Gasteiger charge is 2.21. The molecule has 1 heterocycles. The van der Waals surface area contributed by atoms with Gasteiger partial charge < -0.3 is 24.8 Å². The molecule has 1 aromatic rings. The summed E-state index contributed by atoms with van der Waals surface area (Å²) in [5, 5.41) is 6.61. The molecule has 0 amide bonds. The Balaban J connectivity index is 0.00000225. The van der Waals surface area contributed by atoms with Gasteiger partial charge in [-0.1, -0.05) is 0 Å². The number of ether oxygens (including phenoxy) is 3. The van der Waals surface area contributed by atoms with E-state index in [4.69, 9.17) is 14.2 Å². The van der Waals surface area contributed by atoms with Crippen molar-refractivity contribution in [2.75, 3.05) is 33.6 Å². The molecule has 1 aliphatic heterocycles. The van der Waals surface area contributed by atoms with Crippen LogP contribution in [-0.4, -0.2) is 39.6 Å². The second-order valence-corrected chi connectivity index (χ2v) is 6.89. The van der Waals surface area contributed by atoms with E-state index in [2.05, 4.69) is 31.6 Å². The Hall–Kier alpha value is -0.740. The lowest BCUT2D eigenvalue weighted by molar-refractivity contribution is 0.123. The summed E-state index contributed by atoms with van der Waals surface area (Å²) in [6.07, 6.45) is 3.65. The fourth-order valence-electron chi connectivity index (χ4n) is 2.44. The lowest BCUT2D eigenvalue weighted by atomic mass is 10.2. The van der Waals surface area contributed by atoms with Crippen molar-refractivity contribution in [2.45, 2.75) is 25.8 Å². The molecule has 3 rings (SSSR count). The second kappa shape index (κ2) is 10.4. The number of halogens is 2. The maximum atomic E-state index is 5.63. The van der Waals surface area contributed by atoms with E-state index in [0.717, 1.165) is 59.6 Å². The molecule has 0 spiro atoms. The van der Waals surface area contributed by atoms with Crippen LogP contribution in [-0.2, 0) is 11.3 Å². The number of nitrogens with zero attached hydrogens (tertiary/aromatic N) is 1. The molecule has 0 unspecified atom stereocenters. The van der Waals surface area contributed by atoms with E-state index in [9.17, 15) is 0 Å². The number of nitrogens with one attached hydrogen (secondary N) is 2. The third-order valence-electron chi connectivity index (χ3n) is 3.98. The monoisotopic (exact) mass is 525 g/mol. The van der Waals surface area contributed by atoms with Crippen molar-refractivity contribution in [3.63, 3.8) is 0 Å². The van der Waals surface area contributed by atoms with Gasteiger partial charge in [-0.15, -0.1) is 24.0 Å². The lowest BCUT2D eigenvalue weighted by Gasteiger charge is -2.12. The van der Waals surface area contributed by atoms with Gasteiger partial charge in [0, 0.05) is 33.4 Å². The van der Waals surface area contributed by atoms with Crippen LogP contribution < -0.4 is 20.1 Å². The number of hydrogen-bond donors (Lipinski definition) is 2. The number of guanidine groups is 1. The third-order valence-corrected chi connectivity index (χ3v) is 4.57. The first-order valence-corrected chi connectivity index (χ1v) is 9.16. The van der Waals surface area contributed by atoms with Gasteiger partial charge in [0.25, 0.3) is 0 Å². The standard InChI is InChI=1S/C17H24BrN3O3.HI/c1-19-17(20-5-2-6-22-10-12-3-4-12)21-9-13-7-14(18)16-15(8-13)23-11-24-16;/h7-8,12H,2-6,9-11H2,1H3,(H2,19,20,21);1H. The minimum absolute atomic E-state index is 0. The molecule has 8 heteroatoms. The largest absolute Gasteiger partial charge is 0.454 e. The number of hydrogen-bond acceptors (Lipinski definition) is 4. The first kappa shape index (κ1) is 20.6. The third kappa shape index (κ3) is 6.49. The van der Waals surface area contributed by atoms with Gasteiger partial charge in [0.2, 0.25) is 6.79 Å². The molecule has 1 aromatic carbocycles. The highest BCUT2D eigenvalue weighted by atomic mass is 127. The van der Waals surface area contributed by atoms with Crippen molar-refractivity contribution in [3.05, 3.63) is 22.2 Å². The van der Waals surface area contributed by atoms with Crippen LogP contribution in [0.4, 0.5) is 0 Å². The molecule has 0 radical (unpaired) electrons. The van der Waals surface area contributed by atoms with Gasteiger partial charge in [0.05, 0.1) is 4.47 Å². The molecule has 0 aromatic heterocycles. The van der Waals surface area contributed by atoms with Crippen molar-refractivity contribution >= 4 is 45.9 Å². The summed E-state index contributed by atoms with van der Waals surface area (Å²) in [7, 11) is 1.77. The quantitative estimate of drug-likeness (QED) is 0.236. The Labute approximate surface area is 174 Å². The van der Waals surface area contributed by atoms with E-state index in [-0.39, 0.29) is 30.8 Å². The molecule has 140 valence electrons. The van der Waals surface area contributed by atoms with Crippen LogP contribution in [0.5, 0.6) is 11.5 Å². The Bertz CT molecular complexity index is 597. The highest BCUT2D eigenvalue weighted by molar-refractivity contribution is 14.0. The van der Waals surface area contributed by atoms with Crippen LogP contribution in [0.1, 0.15) is 24.8 Å². The van der Waals surface area contributed by atoms with Crippen molar-refractivity contribution in [1.82, 2.24) is 10.6 Å². The van der Waals surface area contributed by atoms with Crippen LogP contribution in [0, 0.1) is 5.92 Å². The average Bonchev–Trinajstić information content (AvgIpc) is 3.28. The smallest absolute Gasteiger partial charge is 0.231 e. The fraction of sp³-hybridized carbons (Fsp3) is 0.588. The number of fused-ring (bicyclic) bond motifs is 1. The highest BCUT2D eigenvalue weighted by Crippen LogP contribution is 2.39. The number of rotatable bonds is 8. The molecule has 2 N–H and O–H groups in total. The van der Waals surface area contributed by atoms with Gasteiger partial charge in [-0.3, -0.25) is 4.99 Å². The van der Waals surface area contributed by atoms with Crippen LogP contribution >= 0.6 is 39.9 Å². The van der Waals surface area contributed by atoms with E-state index in [1.54, 1.807) is 7.05 Å². The first-order valence-electron chi connectivity index (χ1n) is 8.36. The molecule has 0 saturated heterocycles. The molecular formula is C17H25BrIN3O3. The van der Waals surface area contributed by atoms with Crippen molar-refractivity contribution in [3.8, 4) is 11.5 Å². The van der Waals surface area contributed by atoms with E-state index < -0.39 is 0 Å². The fourth-order valence-corrected chi connectivity index (χ4v) is 3.05. The van der Waals surface area contributed by atoms with Gasteiger partial charge in [-0.25, -0.2) is 0 Å². The van der Waals surface area contributed by atoms with Gasteiger partial charge in [0.15, 0.2) is 17.5 Å². The Morgan fingerprint density at radius 1 is 1.32 bits per heavy atom. The minimum atomic E-state index is 0. The number of aliphatic imine (C=N–C) groups is 1. The molecule has 6 nitrogen and oxygen atoms in total. The van der Waals surface area contributed by atoms with Crippen molar-refractivity contribution in [1.29, 1.82) is 0 Å². The summed E-state index contributed by atoms with van der Waals surface area (Å²) >= 11 is 3.51.